The molecule has 0 saturated carbocycles. The zero-order valence-electron chi connectivity index (χ0n) is 12.6. The highest BCUT2D eigenvalue weighted by Gasteiger charge is 2.35. The number of carbonyl (C=O) groups is 1. The number of anilines is 1. The molecule has 2 N–H and O–H groups in total. The van der Waals surface area contributed by atoms with Crippen molar-refractivity contribution in [3.63, 3.8) is 0 Å². The zero-order valence-corrected chi connectivity index (χ0v) is 12.6. The molecule has 1 atom stereocenters. The molecule has 0 aliphatic carbocycles. The molecule has 5 rings (SSSR count). The lowest BCUT2D eigenvalue weighted by molar-refractivity contribution is -0.153. The first-order valence-corrected chi connectivity index (χ1v) is 7.94. The van der Waals surface area contributed by atoms with Gasteiger partial charge in [-0.1, -0.05) is 18.2 Å². The Labute approximate surface area is 128 Å². The summed E-state index contributed by atoms with van der Waals surface area (Å²) in [5, 5.41) is 11.4. The summed E-state index contributed by atoms with van der Waals surface area (Å²) in [6.45, 7) is 4.17. The van der Waals surface area contributed by atoms with Crippen molar-refractivity contribution in [2.75, 3.05) is 24.6 Å². The topological polar surface area (TPSA) is 65.6 Å². The number of aromatic nitrogens is 1. The van der Waals surface area contributed by atoms with Crippen LogP contribution in [0.15, 0.2) is 18.2 Å². The van der Waals surface area contributed by atoms with Crippen molar-refractivity contribution in [1.82, 2.24) is 4.98 Å². The second kappa shape index (κ2) is 5.02. The number of rotatable bonds is 3. The van der Waals surface area contributed by atoms with E-state index in [1.807, 2.05) is 6.07 Å². The van der Waals surface area contributed by atoms with Crippen molar-refractivity contribution >= 4 is 22.7 Å². The molecule has 1 aromatic heterocycles. The number of esters is 1. The molecule has 2 aromatic rings. The first-order valence-electron chi connectivity index (χ1n) is 7.94. The number of benzene rings is 1. The number of nitrogens with zero attached hydrogens (tertiary/aromatic N) is 1. The van der Waals surface area contributed by atoms with E-state index in [1.54, 1.807) is 13.0 Å². The normalized spacial score (nSPS) is 18.5. The van der Waals surface area contributed by atoms with E-state index >= 15 is 0 Å². The van der Waals surface area contributed by atoms with Crippen LogP contribution >= 0.6 is 0 Å². The van der Waals surface area contributed by atoms with E-state index in [-0.39, 0.29) is 6.61 Å². The number of nitrogens with one attached hydrogen (secondary N) is 1. The van der Waals surface area contributed by atoms with E-state index in [0.29, 0.717) is 11.5 Å². The Morgan fingerprint density at radius 2 is 2.23 bits per heavy atom. The van der Waals surface area contributed by atoms with Crippen LogP contribution in [-0.2, 0) is 9.53 Å². The van der Waals surface area contributed by atoms with Crippen molar-refractivity contribution in [3.05, 3.63) is 29.3 Å². The summed E-state index contributed by atoms with van der Waals surface area (Å²) in [4.78, 5) is 17.7. The minimum Gasteiger partial charge on any atom is -0.464 e. The van der Waals surface area contributed by atoms with Gasteiger partial charge in [0.15, 0.2) is 6.10 Å². The van der Waals surface area contributed by atoms with E-state index in [4.69, 9.17) is 4.74 Å². The van der Waals surface area contributed by atoms with Crippen LogP contribution in [0, 0.1) is 0 Å². The van der Waals surface area contributed by atoms with Gasteiger partial charge in [-0.2, -0.15) is 0 Å². The fourth-order valence-electron chi connectivity index (χ4n) is 3.88. The van der Waals surface area contributed by atoms with E-state index in [9.17, 15) is 9.90 Å². The van der Waals surface area contributed by atoms with E-state index in [2.05, 4.69) is 16.0 Å². The molecular weight excluding hydrogens is 280 g/mol. The maximum absolute atomic E-state index is 11.9. The standard InChI is InChI=1S/C17H20N2O3/c1-2-22-17(21)15(20)12-5-3-4-11-13-10-6-8-19(9-7-10)16(13)18-14(11)12/h3-5,10,15,18,20H,2,6-9H2,1H3. The third-order valence-corrected chi connectivity index (χ3v) is 4.91. The number of aliphatic hydroxyl groups is 1. The molecule has 22 heavy (non-hydrogen) atoms. The number of hydrogen-bond donors (Lipinski definition) is 2. The van der Waals surface area contributed by atoms with Crippen molar-refractivity contribution in [1.29, 1.82) is 0 Å². The van der Waals surface area contributed by atoms with Gasteiger partial charge in [-0.05, 0) is 25.7 Å². The van der Waals surface area contributed by atoms with Crippen LogP contribution in [0.5, 0.6) is 0 Å². The van der Waals surface area contributed by atoms with Crippen molar-refractivity contribution < 1.29 is 14.6 Å². The molecule has 1 aromatic carbocycles. The summed E-state index contributed by atoms with van der Waals surface area (Å²) < 4.78 is 4.95. The second-order valence-electron chi connectivity index (χ2n) is 6.07. The van der Waals surface area contributed by atoms with Gasteiger partial charge in [0.25, 0.3) is 0 Å². The van der Waals surface area contributed by atoms with Crippen LogP contribution in [0.2, 0.25) is 0 Å². The molecule has 0 radical (unpaired) electrons. The summed E-state index contributed by atoms with van der Waals surface area (Å²) in [7, 11) is 0. The molecule has 0 spiro atoms. The average Bonchev–Trinajstić information content (AvgIpc) is 2.97. The molecule has 5 nitrogen and oxygen atoms in total. The Bertz CT molecular complexity index is 729. The monoisotopic (exact) mass is 300 g/mol. The molecule has 1 saturated heterocycles. The van der Waals surface area contributed by atoms with Gasteiger partial charge in [0.2, 0.25) is 0 Å². The lowest BCUT2D eigenvalue weighted by Crippen LogP contribution is -2.38. The maximum Gasteiger partial charge on any atom is 0.339 e. The van der Waals surface area contributed by atoms with Gasteiger partial charge < -0.3 is 19.7 Å². The Morgan fingerprint density at radius 3 is 2.95 bits per heavy atom. The Hall–Kier alpha value is -2.01. The molecule has 3 aliphatic rings. The molecular formula is C17H20N2O3. The third kappa shape index (κ3) is 1.85. The average molecular weight is 300 g/mol. The lowest BCUT2D eigenvalue weighted by Gasteiger charge is -2.40. The minimum absolute atomic E-state index is 0.267. The molecule has 5 heteroatoms. The van der Waals surface area contributed by atoms with Crippen LogP contribution < -0.4 is 4.90 Å². The van der Waals surface area contributed by atoms with Gasteiger partial charge in [0, 0.05) is 29.6 Å². The summed E-state index contributed by atoms with van der Waals surface area (Å²) in [5.41, 5.74) is 2.82. The minimum atomic E-state index is -1.24. The number of H-pyrrole nitrogens is 1. The number of ether oxygens (including phenoxy) is 1. The van der Waals surface area contributed by atoms with Crippen LogP contribution in [0.4, 0.5) is 5.82 Å². The fraction of sp³-hybridized carbons (Fsp3) is 0.471. The van der Waals surface area contributed by atoms with Crippen molar-refractivity contribution in [3.8, 4) is 0 Å². The predicted molar refractivity (Wildman–Crippen MR) is 84.1 cm³/mol. The number of fused-ring (bicyclic) bond motifs is 3. The van der Waals surface area contributed by atoms with Gasteiger partial charge >= 0.3 is 5.97 Å². The number of aliphatic hydroxyl groups excluding tert-OH is 1. The second-order valence-corrected chi connectivity index (χ2v) is 6.07. The maximum atomic E-state index is 11.9. The summed E-state index contributed by atoms with van der Waals surface area (Å²) in [6, 6.07) is 5.78. The Kier molecular flexibility index (Phi) is 3.11. The van der Waals surface area contributed by atoms with Crippen molar-refractivity contribution in [2.45, 2.75) is 31.8 Å². The fourth-order valence-corrected chi connectivity index (χ4v) is 3.88. The summed E-state index contributed by atoms with van der Waals surface area (Å²) in [5.74, 6) is 1.16. The van der Waals surface area contributed by atoms with E-state index in [0.717, 1.165) is 24.0 Å². The first-order chi connectivity index (χ1) is 10.7. The highest BCUT2D eigenvalue weighted by atomic mass is 16.5. The third-order valence-electron chi connectivity index (χ3n) is 4.91. The Morgan fingerprint density at radius 1 is 1.45 bits per heavy atom. The van der Waals surface area contributed by atoms with Crippen LogP contribution in [0.1, 0.15) is 42.9 Å². The molecule has 116 valence electrons. The van der Waals surface area contributed by atoms with Crippen molar-refractivity contribution in [2.24, 2.45) is 0 Å². The molecule has 4 heterocycles. The lowest BCUT2D eigenvalue weighted by atomic mass is 9.84. The van der Waals surface area contributed by atoms with Crippen LogP contribution in [0.3, 0.4) is 0 Å². The Balaban J connectivity index is 1.85. The number of hydrogen-bond acceptors (Lipinski definition) is 4. The quantitative estimate of drug-likeness (QED) is 0.855. The molecule has 3 aliphatic heterocycles. The largest absolute Gasteiger partial charge is 0.464 e. The number of para-hydroxylation sites is 1. The van der Waals surface area contributed by atoms with Gasteiger partial charge in [0.05, 0.1) is 12.1 Å². The van der Waals surface area contributed by atoms with Gasteiger partial charge in [-0.3, -0.25) is 0 Å². The number of aromatic amines is 1. The highest BCUT2D eigenvalue weighted by molar-refractivity contribution is 5.95. The number of carbonyl (C=O) groups excluding carboxylic acids is 1. The molecule has 0 amide bonds. The van der Waals surface area contributed by atoms with Gasteiger partial charge in [-0.25, -0.2) is 4.79 Å². The van der Waals surface area contributed by atoms with Gasteiger partial charge in [-0.15, -0.1) is 0 Å². The predicted octanol–water partition coefficient (Wildman–Crippen LogP) is 2.46. The van der Waals surface area contributed by atoms with E-state index in [1.165, 1.54) is 24.2 Å². The number of piperidine rings is 1. The summed E-state index contributed by atoms with van der Waals surface area (Å²) in [6.07, 6.45) is 1.13. The molecule has 1 unspecified atom stereocenters. The smallest absolute Gasteiger partial charge is 0.339 e. The molecule has 1 fully saturated rings. The first kappa shape index (κ1) is 13.6. The summed E-state index contributed by atoms with van der Waals surface area (Å²) >= 11 is 0. The molecule has 2 bridgehead atoms. The van der Waals surface area contributed by atoms with Gasteiger partial charge in [0.1, 0.15) is 5.82 Å². The highest BCUT2D eigenvalue weighted by Crippen LogP contribution is 2.46. The van der Waals surface area contributed by atoms with E-state index < -0.39 is 12.1 Å². The zero-order chi connectivity index (χ0) is 15.3. The van der Waals surface area contributed by atoms with Crippen LogP contribution in [-0.4, -0.2) is 35.8 Å². The van der Waals surface area contributed by atoms with Crippen LogP contribution in [0.25, 0.3) is 10.9 Å². The SMILES string of the molecule is CCOC(=O)C(O)c1cccc2c3c([nH]c12)N1CCC3CC1.